The average Bonchev–Trinajstić information content (AvgIpc) is 3.02. The van der Waals surface area contributed by atoms with E-state index in [1.54, 1.807) is 25.3 Å². The standard InChI is InChI=1S/C17H16N4O4/c1-25-13-5-2-11(3-6-13)8-17(22)18-10-16-19-14-7-4-12(21(23)24)9-15(14)20-16/h2-7,9H,8,10H2,1H3,(H,18,22)(H,19,20). The Morgan fingerprint density at radius 3 is 2.72 bits per heavy atom. The molecule has 1 amide bonds. The number of methoxy groups -OCH3 is 1. The summed E-state index contributed by atoms with van der Waals surface area (Å²) >= 11 is 0. The molecule has 3 aromatic rings. The van der Waals surface area contributed by atoms with Gasteiger partial charge in [-0.25, -0.2) is 4.98 Å². The number of ether oxygens (including phenoxy) is 1. The molecule has 0 radical (unpaired) electrons. The van der Waals surface area contributed by atoms with Crippen LogP contribution in [0.25, 0.3) is 11.0 Å². The van der Waals surface area contributed by atoms with Crippen LogP contribution in [0.1, 0.15) is 11.4 Å². The number of benzene rings is 2. The van der Waals surface area contributed by atoms with E-state index < -0.39 is 4.92 Å². The number of aromatic nitrogens is 2. The van der Waals surface area contributed by atoms with Crippen molar-refractivity contribution in [3.05, 3.63) is 64.0 Å². The van der Waals surface area contributed by atoms with Crippen LogP contribution in [0.3, 0.4) is 0 Å². The third kappa shape index (κ3) is 3.92. The third-order valence-corrected chi connectivity index (χ3v) is 3.70. The van der Waals surface area contributed by atoms with Gasteiger partial charge in [-0.3, -0.25) is 14.9 Å². The van der Waals surface area contributed by atoms with E-state index in [1.807, 2.05) is 12.1 Å². The Morgan fingerprint density at radius 1 is 1.28 bits per heavy atom. The van der Waals surface area contributed by atoms with Crippen molar-refractivity contribution in [1.29, 1.82) is 0 Å². The Balaban J connectivity index is 1.61. The SMILES string of the molecule is COc1ccc(CC(=O)NCc2nc3ccc([N+](=O)[O-])cc3[nH]2)cc1. The first kappa shape index (κ1) is 16.4. The second kappa shape index (κ2) is 7.00. The molecule has 2 N–H and O–H groups in total. The zero-order valence-electron chi connectivity index (χ0n) is 13.5. The van der Waals surface area contributed by atoms with E-state index in [1.165, 1.54) is 12.1 Å². The summed E-state index contributed by atoms with van der Waals surface area (Å²) in [6.07, 6.45) is 0.246. The van der Waals surface area contributed by atoms with Gasteiger partial charge in [0, 0.05) is 12.1 Å². The van der Waals surface area contributed by atoms with Crippen LogP contribution in [-0.2, 0) is 17.8 Å². The van der Waals surface area contributed by atoms with Crippen molar-refractivity contribution >= 4 is 22.6 Å². The second-order valence-corrected chi connectivity index (χ2v) is 5.44. The number of non-ortho nitro benzene ring substituents is 1. The molecule has 1 aromatic heterocycles. The molecule has 0 spiro atoms. The number of imidazole rings is 1. The smallest absolute Gasteiger partial charge is 0.271 e. The van der Waals surface area contributed by atoms with Gasteiger partial charge in [-0.1, -0.05) is 12.1 Å². The van der Waals surface area contributed by atoms with Crippen molar-refractivity contribution in [2.24, 2.45) is 0 Å². The first-order valence-electron chi connectivity index (χ1n) is 7.58. The largest absolute Gasteiger partial charge is 0.497 e. The molecule has 128 valence electrons. The number of H-pyrrole nitrogens is 1. The molecule has 0 saturated heterocycles. The number of rotatable bonds is 6. The number of hydrogen-bond acceptors (Lipinski definition) is 5. The van der Waals surface area contributed by atoms with Crippen molar-refractivity contribution in [2.75, 3.05) is 7.11 Å². The summed E-state index contributed by atoms with van der Waals surface area (Å²) in [6, 6.07) is 11.7. The fraction of sp³-hybridized carbons (Fsp3) is 0.176. The minimum absolute atomic E-state index is 0.00811. The van der Waals surface area contributed by atoms with Crippen molar-refractivity contribution < 1.29 is 14.5 Å². The lowest BCUT2D eigenvalue weighted by Crippen LogP contribution is -2.25. The number of nitro groups is 1. The molecule has 8 nitrogen and oxygen atoms in total. The fourth-order valence-electron chi connectivity index (χ4n) is 2.42. The Bertz CT molecular complexity index is 918. The molecule has 0 fully saturated rings. The second-order valence-electron chi connectivity index (χ2n) is 5.44. The first-order valence-corrected chi connectivity index (χ1v) is 7.58. The van der Waals surface area contributed by atoms with E-state index in [0.29, 0.717) is 16.9 Å². The number of carbonyl (C=O) groups is 1. The van der Waals surface area contributed by atoms with E-state index in [9.17, 15) is 14.9 Å². The van der Waals surface area contributed by atoms with Crippen LogP contribution < -0.4 is 10.1 Å². The highest BCUT2D eigenvalue weighted by atomic mass is 16.6. The van der Waals surface area contributed by atoms with Crippen molar-refractivity contribution in [3.8, 4) is 5.75 Å². The molecule has 0 aliphatic rings. The number of amides is 1. The molecular formula is C17H16N4O4. The Labute approximate surface area is 143 Å². The molecule has 8 heteroatoms. The number of fused-ring (bicyclic) bond motifs is 1. The van der Waals surface area contributed by atoms with Gasteiger partial charge in [-0.2, -0.15) is 0 Å². The van der Waals surface area contributed by atoms with Crippen LogP contribution in [0.15, 0.2) is 42.5 Å². The predicted octanol–water partition coefficient (Wildman–Crippen LogP) is 2.34. The van der Waals surface area contributed by atoms with Gasteiger partial charge in [-0.15, -0.1) is 0 Å². The summed E-state index contributed by atoms with van der Waals surface area (Å²) in [4.78, 5) is 29.6. The summed E-state index contributed by atoms with van der Waals surface area (Å²) in [7, 11) is 1.59. The van der Waals surface area contributed by atoms with E-state index >= 15 is 0 Å². The van der Waals surface area contributed by atoms with Crippen LogP contribution in [0, 0.1) is 10.1 Å². The average molecular weight is 340 g/mol. The van der Waals surface area contributed by atoms with Crippen LogP contribution in [-0.4, -0.2) is 27.9 Å². The van der Waals surface area contributed by atoms with Gasteiger partial charge in [0.2, 0.25) is 5.91 Å². The molecule has 0 saturated carbocycles. The van der Waals surface area contributed by atoms with Gasteiger partial charge in [0.15, 0.2) is 0 Å². The summed E-state index contributed by atoms with van der Waals surface area (Å²) in [5.41, 5.74) is 2.04. The van der Waals surface area contributed by atoms with Crippen molar-refractivity contribution in [3.63, 3.8) is 0 Å². The zero-order chi connectivity index (χ0) is 17.8. The molecule has 0 aliphatic carbocycles. The topological polar surface area (TPSA) is 110 Å². The number of nitrogens with zero attached hydrogens (tertiary/aromatic N) is 2. The molecule has 0 atom stereocenters. The monoisotopic (exact) mass is 340 g/mol. The van der Waals surface area contributed by atoms with Gasteiger partial charge < -0.3 is 15.0 Å². The minimum Gasteiger partial charge on any atom is -0.497 e. The molecule has 0 unspecified atom stereocenters. The Morgan fingerprint density at radius 2 is 2.04 bits per heavy atom. The highest BCUT2D eigenvalue weighted by Gasteiger charge is 2.10. The van der Waals surface area contributed by atoms with Crippen LogP contribution >= 0.6 is 0 Å². The zero-order valence-corrected chi connectivity index (χ0v) is 13.5. The van der Waals surface area contributed by atoms with Gasteiger partial charge in [0.25, 0.3) is 5.69 Å². The van der Waals surface area contributed by atoms with Gasteiger partial charge in [0.05, 0.1) is 36.0 Å². The maximum Gasteiger partial charge on any atom is 0.271 e. The molecule has 3 rings (SSSR count). The van der Waals surface area contributed by atoms with E-state index in [4.69, 9.17) is 4.74 Å². The van der Waals surface area contributed by atoms with E-state index in [0.717, 1.165) is 11.3 Å². The number of aromatic amines is 1. The van der Waals surface area contributed by atoms with Gasteiger partial charge in [-0.05, 0) is 23.8 Å². The number of carbonyl (C=O) groups excluding carboxylic acids is 1. The van der Waals surface area contributed by atoms with Gasteiger partial charge in [0.1, 0.15) is 11.6 Å². The highest BCUT2D eigenvalue weighted by molar-refractivity contribution is 5.79. The summed E-state index contributed by atoms with van der Waals surface area (Å²) in [5, 5.41) is 13.6. The van der Waals surface area contributed by atoms with E-state index in [-0.39, 0.29) is 24.6 Å². The summed E-state index contributed by atoms with van der Waals surface area (Å²) in [6.45, 7) is 0.220. The summed E-state index contributed by atoms with van der Waals surface area (Å²) < 4.78 is 5.08. The van der Waals surface area contributed by atoms with Crippen LogP contribution in [0.5, 0.6) is 5.75 Å². The number of nitrogens with one attached hydrogen (secondary N) is 2. The quantitative estimate of drug-likeness (QED) is 0.528. The number of hydrogen-bond donors (Lipinski definition) is 2. The molecule has 1 heterocycles. The fourth-order valence-corrected chi connectivity index (χ4v) is 2.42. The minimum atomic E-state index is -0.462. The predicted molar refractivity (Wildman–Crippen MR) is 91.3 cm³/mol. The van der Waals surface area contributed by atoms with Crippen molar-refractivity contribution in [2.45, 2.75) is 13.0 Å². The lowest BCUT2D eigenvalue weighted by molar-refractivity contribution is -0.384. The molecular weight excluding hydrogens is 324 g/mol. The molecule has 2 aromatic carbocycles. The van der Waals surface area contributed by atoms with Gasteiger partial charge >= 0.3 is 0 Å². The maximum absolute atomic E-state index is 12.0. The molecule has 25 heavy (non-hydrogen) atoms. The van der Waals surface area contributed by atoms with E-state index in [2.05, 4.69) is 15.3 Å². The Hall–Kier alpha value is -3.42. The highest BCUT2D eigenvalue weighted by Crippen LogP contribution is 2.18. The van der Waals surface area contributed by atoms with Crippen LogP contribution in [0.2, 0.25) is 0 Å². The maximum atomic E-state index is 12.0. The number of nitro benzene ring substituents is 1. The Kier molecular flexibility index (Phi) is 4.60. The normalized spacial score (nSPS) is 10.6. The first-order chi connectivity index (χ1) is 12.0. The third-order valence-electron chi connectivity index (χ3n) is 3.70. The summed E-state index contributed by atoms with van der Waals surface area (Å²) in [5.74, 6) is 1.13. The lowest BCUT2D eigenvalue weighted by Gasteiger charge is -2.04. The van der Waals surface area contributed by atoms with Crippen molar-refractivity contribution in [1.82, 2.24) is 15.3 Å². The lowest BCUT2D eigenvalue weighted by atomic mass is 10.1. The molecule has 0 bridgehead atoms. The molecule has 0 aliphatic heterocycles. The van der Waals surface area contributed by atoms with Crippen LogP contribution in [0.4, 0.5) is 5.69 Å².